The molecule has 1 heterocycles. The van der Waals surface area contributed by atoms with Crippen LogP contribution in [0.2, 0.25) is 0 Å². The Morgan fingerprint density at radius 1 is 1.32 bits per heavy atom. The van der Waals surface area contributed by atoms with Gasteiger partial charge in [0.05, 0.1) is 4.90 Å². The maximum Gasteiger partial charge on any atom is 0.294 e. The lowest BCUT2D eigenvalue weighted by Gasteiger charge is -1.97. The van der Waals surface area contributed by atoms with Crippen molar-refractivity contribution in [1.82, 2.24) is 4.98 Å². The van der Waals surface area contributed by atoms with Gasteiger partial charge in [-0.3, -0.25) is 4.55 Å². The summed E-state index contributed by atoms with van der Waals surface area (Å²) in [5, 5.41) is 1.98. The Morgan fingerprint density at radius 2 is 1.95 bits per heavy atom. The van der Waals surface area contributed by atoms with Gasteiger partial charge in [-0.1, -0.05) is 30.8 Å². The van der Waals surface area contributed by atoms with E-state index < -0.39 is 10.1 Å². The Bertz CT molecular complexity index is 577. The van der Waals surface area contributed by atoms with E-state index in [-0.39, 0.29) is 4.90 Å². The summed E-state index contributed by atoms with van der Waals surface area (Å²) in [4.78, 5) is 3.96. The zero-order valence-electron chi connectivity index (χ0n) is 10.6. The Hall–Kier alpha value is -0.890. The van der Waals surface area contributed by atoms with Crippen molar-refractivity contribution in [1.29, 1.82) is 0 Å². The van der Waals surface area contributed by atoms with E-state index in [4.69, 9.17) is 4.55 Å². The lowest BCUT2D eigenvalue weighted by molar-refractivity contribution is 0.483. The maximum absolute atomic E-state index is 10.6. The number of thioether (sulfide) groups is 1. The molecule has 0 saturated heterocycles. The normalized spacial score (nSPS) is 10.7. The largest absolute Gasteiger partial charge is 0.294 e. The zero-order valence-corrected chi connectivity index (χ0v) is 13.1. The van der Waals surface area contributed by atoms with Gasteiger partial charge in [0.15, 0.2) is 0 Å². The third-order valence-electron chi connectivity index (χ3n) is 2.21. The highest BCUT2D eigenvalue weighted by Crippen LogP contribution is 2.15. The van der Waals surface area contributed by atoms with Crippen molar-refractivity contribution in [2.45, 2.75) is 22.6 Å². The minimum absolute atomic E-state index is 0.0558. The quantitative estimate of drug-likeness (QED) is 0.694. The first kappa shape index (κ1) is 16.2. The number of aromatic nitrogens is 1. The summed E-state index contributed by atoms with van der Waals surface area (Å²) in [6.07, 6.45) is 4.70. The monoisotopic (exact) mass is 317 g/mol. The number of hydrogen-bond donors (Lipinski definition) is 1. The average Bonchev–Trinajstić information content (AvgIpc) is 2.92. The van der Waals surface area contributed by atoms with Crippen LogP contribution in [0.4, 0.5) is 0 Å². The second-order valence-electron chi connectivity index (χ2n) is 3.47. The van der Waals surface area contributed by atoms with Gasteiger partial charge in [-0.2, -0.15) is 8.42 Å². The molecule has 1 aromatic carbocycles. The van der Waals surface area contributed by atoms with Crippen LogP contribution in [-0.2, 0) is 16.5 Å². The highest BCUT2D eigenvalue weighted by Gasteiger charge is 2.07. The summed E-state index contributed by atoms with van der Waals surface area (Å²) in [6.45, 7) is 1.97. The number of nitrogens with zero attached hydrogens (tertiary/aromatic N) is 1. The Labute approximate surface area is 121 Å². The van der Waals surface area contributed by atoms with Crippen LogP contribution in [-0.4, -0.2) is 24.2 Å². The Kier molecular flexibility index (Phi) is 6.50. The van der Waals surface area contributed by atoms with Crippen LogP contribution in [0.3, 0.4) is 0 Å². The molecule has 4 nitrogen and oxygen atoms in total. The van der Waals surface area contributed by atoms with Crippen molar-refractivity contribution in [3.05, 3.63) is 41.4 Å². The van der Waals surface area contributed by atoms with Crippen LogP contribution in [0.25, 0.3) is 0 Å². The fourth-order valence-electron chi connectivity index (χ4n) is 1.21. The molecule has 1 N–H and O–H groups in total. The minimum Gasteiger partial charge on any atom is -0.282 e. The molecule has 1 aromatic heterocycles. The molecule has 7 heteroatoms. The third kappa shape index (κ3) is 5.73. The number of benzene rings is 1. The fourth-order valence-corrected chi connectivity index (χ4v) is 2.77. The molecule has 0 amide bonds. The van der Waals surface area contributed by atoms with Crippen LogP contribution in [0.15, 0.2) is 45.1 Å². The first-order valence-electron chi connectivity index (χ1n) is 5.47. The molecule has 0 saturated carbocycles. The molecule has 104 valence electrons. The van der Waals surface area contributed by atoms with Crippen LogP contribution in [0.5, 0.6) is 0 Å². The molecule has 0 aliphatic heterocycles. The number of aryl methyl sites for hydroxylation is 1. The van der Waals surface area contributed by atoms with Gasteiger partial charge in [-0.25, -0.2) is 4.98 Å². The second-order valence-corrected chi connectivity index (χ2v) is 6.84. The van der Waals surface area contributed by atoms with Crippen molar-refractivity contribution in [2.75, 3.05) is 6.26 Å². The van der Waals surface area contributed by atoms with E-state index >= 15 is 0 Å². The zero-order chi connectivity index (χ0) is 14.3. The van der Waals surface area contributed by atoms with Crippen molar-refractivity contribution in [3.63, 3.8) is 0 Å². The van der Waals surface area contributed by atoms with Crippen molar-refractivity contribution in [2.24, 2.45) is 0 Å². The van der Waals surface area contributed by atoms with E-state index in [1.54, 1.807) is 35.2 Å². The Morgan fingerprint density at radius 3 is 2.26 bits per heavy atom. The molecular formula is C12H15NO3S3. The second kappa shape index (κ2) is 7.64. The molecule has 0 atom stereocenters. The smallest absolute Gasteiger partial charge is 0.282 e. The van der Waals surface area contributed by atoms with E-state index in [2.05, 4.69) is 4.98 Å². The number of thiazole rings is 1. The van der Waals surface area contributed by atoms with Gasteiger partial charge in [0.2, 0.25) is 0 Å². The first-order chi connectivity index (χ1) is 8.97. The number of hydrogen-bond acceptors (Lipinski definition) is 5. The molecule has 0 aliphatic carbocycles. The minimum atomic E-state index is -4.03. The topological polar surface area (TPSA) is 67.3 Å². The molecule has 2 aromatic rings. The summed E-state index contributed by atoms with van der Waals surface area (Å²) in [6, 6.07) is 6.16. The van der Waals surface area contributed by atoms with Crippen molar-refractivity contribution < 1.29 is 13.0 Å². The maximum atomic E-state index is 10.6. The molecule has 2 rings (SSSR count). The number of rotatable bonds is 3. The lowest BCUT2D eigenvalue weighted by Crippen LogP contribution is -1.97. The predicted octanol–water partition coefficient (Wildman–Crippen LogP) is 3.36. The molecule has 0 radical (unpaired) electrons. The Balaban J connectivity index is 0.000000218. The highest BCUT2D eigenvalue weighted by molar-refractivity contribution is 8.00. The summed E-state index contributed by atoms with van der Waals surface area (Å²) in [7, 11) is -4.03. The average molecular weight is 317 g/mol. The van der Waals surface area contributed by atoms with E-state index in [0.717, 1.165) is 16.3 Å². The molecule has 0 aliphatic rings. The highest BCUT2D eigenvalue weighted by atomic mass is 32.2. The van der Waals surface area contributed by atoms with Crippen molar-refractivity contribution >= 4 is 33.2 Å². The summed E-state index contributed by atoms with van der Waals surface area (Å²) >= 11 is 3.36. The van der Waals surface area contributed by atoms with Crippen molar-refractivity contribution in [3.8, 4) is 0 Å². The van der Waals surface area contributed by atoms with E-state index in [1.807, 2.05) is 24.8 Å². The standard InChI is InChI=1S/C8H10O3S.C4H5NS2/c1-2-7-3-5-8(6-4-7)12(9,10)11;1-6-4-5-2-3-7-4/h3-6H,2H2,1H3,(H,9,10,11);2-3H,1H3. The lowest BCUT2D eigenvalue weighted by atomic mass is 10.2. The van der Waals surface area contributed by atoms with Crippen LogP contribution >= 0.6 is 23.1 Å². The van der Waals surface area contributed by atoms with Crippen LogP contribution in [0.1, 0.15) is 12.5 Å². The van der Waals surface area contributed by atoms with Gasteiger partial charge in [0.25, 0.3) is 10.1 Å². The molecule has 19 heavy (non-hydrogen) atoms. The van der Waals surface area contributed by atoms with E-state index in [0.29, 0.717) is 0 Å². The molecular weight excluding hydrogens is 302 g/mol. The summed E-state index contributed by atoms with van der Waals surface area (Å²) in [5.41, 5.74) is 1.04. The van der Waals surface area contributed by atoms with Gasteiger partial charge in [-0.15, -0.1) is 11.3 Å². The first-order valence-corrected chi connectivity index (χ1v) is 9.01. The summed E-state index contributed by atoms with van der Waals surface area (Å²) in [5.74, 6) is 0. The SMILES string of the molecule is CCc1ccc(S(=O)(=O)O)cc1.CSc1nccs1. The van der Waals surface area contributed by atoms with E-state index in [9.17, 15) is 8.42 Å². The van der Waals surface area contributed by atoms with Crippen LogP contribution in [0, 0.1) is 0 Å². The summed E-state index contributed by atoms with van der Waals surface area (Å²) < 4.78 is 30.9. The van der Waals surface area contributed by atoms with Gasteiger partial charge in [0.1, 0.15) is 4.34 Å². The fraction of sp³-hybridized carbons (Fsp3) is 0.250. The molecule has 0 fully saturated rings. The van der Waals surface area contributed by atoms with Gasteiger partial charge >= 0.3 is 0 Å². The molecule has 0 bridgehead atoms. The van der Waals surface area contributed by atoms with Gasteiger partial charge in [-0.05, 0) is 30.4 Å². The van der Waals surface area contributed by atoms with Crippen LogP contribution < -0.4 is 0 Å². The van der Waals surface area contributed by atoms with Gasteiger partial charge in [0, 0.05) is 11.6 Å². The van der Waals surface area contributed by atoms with Gasteiger partial charge < -0.3 is 0 Å². The van der Waals surface area contributed by atoms with E-state index in [1.165, 1.54) is 12.1 Å². The molecule has 0 unspecified atom stereocenters. The third-order valence-corrected chi connectivity index (χ3v) is 4.89. The molecule has 0 spiro atoms. The predicted molar refractivity (Wildman–Crippen MR) is 79.5 cm³/mol.